The number of aromatic nitrogens is 2. The van der Waals surface area contributed by atoms with Crippen LogP contribution in [-0.2, 0) is 11.3 Å². The van der Waals surface area contributed by atoms with E-state index in [4.69, 9.17) is 4.74 Å². The minimum Gasteiger partial charge on any atom is -0.374 e. The molecule has 5 nitrogen and oxygen atoms in total. The molecule has 1 aliphatic rings. The summed E-state index contributed by atoms with van der Waals surface area (Å²) < 4.78 is 5.73. The molecule has 2 aromatic rings. The highest BCUT2D eigenvalue weighted by Crippen LogP contribution is 2.21. The Morgan fingerprint density at radius 2 is 2.43 bits per heavy atom. The Hall–Kier alpha value is -1.34. The third kappa shape index (κ3) is 4.07. The van der Waals surface area contributed by atoms with Crippen LogP contribution in [0.15, 0.2) is 29.8 Å². The third-order valence-corrected chi connectivity index (χ3v) is 4.37. The first kappa shape index (κ1) is 14.6. The first-order valence-electron chi connectivity index (χ1n) is 7.18. The van der Waals surface area contributed by atoms with E-state index in [1.807, 2.05) is 18.2 Å². The monoisotopic (exact) mass is 304 g/mol. The second-order valence-electron chi connectivity index (χ2n) is 5.24. The van der Waals surface area contributed by atoms with Crippen LogP contribution in [0.5, 0.6) is 0 Å². The van der Waals surface area contributed by atoms with Crippen LogP contribution in [0.1, 0.15) is 5.69 Å². The highest BCUT2D eigenvalue weighted by atomic mass is 32.1. The number of rotatable bonds is 5. The van der Waals surface area contributed by atoms with Gasteiger partial charge in [-0.25, -0.2) is 4.98 Å². The summed E-state index contributed by atoms with van der Waals surface area (Å²) in [5, 5.41) is 6.49. The maximum Gasteiger partial charge on any atom is 0.142 e. The Morgan fingerprint density at radius 3 is 3.24 bits per heavy atom. The molecule has 21 heavy (non-hydrogen) atoms. The van der Waals surface area contributed by atoms with E-state index < -0.39 is 0 Å². The van der Waals surface area contributed by atoms with E-state index in [1.165, 1.54) is 0 Å². The van der Waals surface area contributed by atoms with Gasteiger partial charge in [0, 0.05) is 37.8 Å². The summed E-state index contributed by atoms with van der Waals surface area (Å²) >= 11 is 1.64. The number of ether oxygens (including phenoxy) is 1. The number of hydrogen-bond donors (Lipinski definition) is 1. The summed E-state index contributed by atoms with van der Waals surface area (Å²) in [6.07, 6.45) is 2.07. The molecule has 0 aromatic carbocycles. The number of morpholine rings is 1. The summed E-state index contributed by atoms with van der Waals surface area (Å²) in [5.41, 5.74) is 2.00. The zero-order chi connectivity index (χ0) is 14.5. The minimum absolute atomic E-state index is 0.276. The molecular weight excluding hydrogens is 284 g/mol. The molecule has 2 aromatic heterocycles. The summed E-state index contributed by atoms with van der Waals surface area (Å²) in [5.74, 6) is 0. The molecule has 3 rings (SSSR count). The molecule has 0 aliphatic carbocycles. The van der Waals surface area contributed by atoms with Crippen LogP contribution >= 0.6 is 11.3 Å². The van der Waals surface area contributed by atoms with Crippen molar-refractivity contribution >= 4 is 11.3 Å². The summed E-state index contributed by atoms with van der Waals surface area (Å²) in [6.45, 7) is 4.47. The maximum atomic E-state index is 5.73. The first-order chi connectivity index (χ1) is 10.3. The van der Waals surface area contributed by atoms with Gasteiger partial charge in [0.15, 0.2) is 0 Å². The fourth-order valence-electron chi connectivity index (χ4n) is 2.35. The van der Waals surface area contributed by atoms with Crippen molar-refractivity contribution in [3.8, 4) is 10.7 Å². The highest BCUT2D eigenvalue weighted by molar-refractivity contribution is 7.13. The Kier molecular flexibility index (Phi) is 4.92. The molecule has 3 heterocycles. The molecule has 1 atom stereocenters. The lowest BCUT2D eigenvalue weighted by molar-refractivity contribution is -0.0182. The second kappa shape index (κ2) is 7.09. The lowest BCUT2D eigenvalue weighted by atomic mass is 10.3. The van der Waals surface area contributed by atoms with Crippen molar-refractivity contribution in [1.82, 2.24) is 20.2 Å². The van der Waals surface area contributed by atoms with Gasteiger partial charge in [0.1, 0.15) is 5.01 Å². The molecule has 1 fully saturated rings. The number of thiazole rings is 1. The van der Waals surface area contributed by atoms with Gasteiger partial charge in [0.2, 0.25) is 0 Å². The van der Waals surface area contributed by atoms with E-state index in [-0.39, 0.29) is 6.10 Å². The summed E-state index contributed by atoms with van der Waals surface area (Å²) in [7, 11) is 2.13. The van der Waals surface area contributed by atoms with Crippen LogP contribution in [0, 0.1) is 0 Å². The molecular formula is C15H20N4OS. The number of hydrogen-bond acceptors (Lipinski definition) is 6. The SMILES string of the molecule is CN1CCOC(CNCc2csc(-c3ccccn3)n2)C1. The number of nitrogens with zero attached hydrogens (tertiary/aromatic N) is 3. The molecule has 1 unspecified atom stereocenters. The molecule has 1 N–H and O–H groups in total. The van der Waals surface area contributed by atoms with Crippen molar-refractivity contribution in [3.63, 3.8) is 0 Å². The first-order valence-corrected chi connectivity index (χ1v) is 8.06. The van der Waals surface area contributed by atoms with Crippen molar-refractivity contribution in [2.24, 2.45) is 0 Å². The van der Waals surface area contributed by atoms with Crippen LogP contribution in [-0.4, -0.2) is 54.3 Å². The van der Waals surface area contributed by atoms with Gasteiger partial charge in [-0.2, -0.15) is 0 Å². The predicted molar refractivity (Wildman–Crippen MR) is 84.3 cm³/mol. The standard InChI is InChI=1S/C15H20N4OS/c1-19-6-7-20-13(10-19)9-16-8-12-11-21-15(18-12)14-4-2-3-5-17-14/h2-5,11,13,16H,6-10H2,1H3. The molecule has 0 amide bonds. The minimum atomic E-state index is 0.276. The van der Waals surface area contributed by atoms with Gasteiger partial charge in [0.25, 0.3) is 0 Å². The molecule has 0 radical (unpaired) electrons. The lowest BCUT2D eigenvalue weighted by Crippen LogP contribution is -2.44. The van der Waals surface area contributed by atoms with E-state index in [0.29, 0.717) is 0 Å². The molecule has 1 aliphatic heterocycles. The maximum absolute atomic E-state index is 5.73. The van der Waals surface area contributed by atoms with E-state index >= 15 is 0 Å². The Morgan fingerprint density at radius 1 is 1.48 bits per heavy atom. The van der Waals surface area contributed by atoms with Crippen LogP contribution < -0.4 is 5.32 Å². The average Bonchev–Trinajstić information content (AvgIpc) is 2.97. The zero-order valence-electron chi connectivity index (χ0n) is 12.2. The zero-order valence-corrected chi connectivity index (χ0v) is 13.0. The van der Waals surface area contributed by atoms with Gasteiger partial charge in [-0.3, -0.25) is 4.98 Å². The third-order valence-electron chi connectivity index (χ3n) is 3.46. The lowest BCUT2D eigenvalue weighted by Gasteiger charge is -2.30. The van der Waals surface area contributed by atoms with Crippen LogP contribution in [0.4, 0.5) is 0 Å². The number of pyridine rings is 1. The highest BCUT2D eigenvalue weighted by Gasteiger charge is 2.17. The van der Waals surface area contributed by atoms with E-state index in [0.717, 1.165) is 49.2 Å². The largest absolute Gasteiger partial charge is 0.374 e. The molecule has 1 saturated heterocycles. The molecule has 0 saturated carbocycles. The fraction of sp³-hybridized carbons (Fsp3) is 0.467. The average molecular weight is 304 g/mol. The fourth-order valence-corrected chi connectivity index (χ4v) is 3.14. The van der Waals surface area contributed by atoms with Crippen LogP contribution in [0.3, 0.4) is 0 Å². The molecule has 6 heteroatoms. The van der Waals surface area contributed by atoms with E-state index in [1.54, 1.807) is 17.5 Å². The Bertz CT molecular complexity index is 560. The quantitative estimate of drug-likeness (QED) is 0.910. The van der Waals surface area contributed by atoms with E-state index in [2.05, 4.69) is 32.6 Å². The van der Waals surface area contributed by atoms with Gasteiger partial charge in [-0.05, 0) is 19.2 Å². The Labute approximate surface area is 129 Å². The van der Waals surface area contributed by atoms with Crippen molar-refractivity contribution < 1.29 is 4.74 Å². The predicted octanol–water partition coefficient (Wildman–Crippen LogP) is 1.63. The van der Waals surface area contributed by atoms with Gasteiger partial charge >= 0.3 is 0 Å². The van der Waals surface area contributed by atoms with Gasteiger partial charge in [-0.15, -0.1) is 11.3 Å². The smallest absolute Gasteiger partial charge is 0.142 e. The number of nitrogens with one attached hydrogen (secondary N) is 1. The molecule has 0 spiro atoms. The van der Waals surface area contributed by atoms with E-state index in [9.17, 15) is 0 Å². The molecule has 112 valence electrons. The van der Waals surface area contributed by atoms with Crippen molar-refractivity contribution in [3.05, 3.63) is 35.5 Å². The topological polar surface area (TPSA) is 50.3 Å². The number of likely N-dealkylation sites (N-methyl/N-ethyl adjacent to an activating group) is 1. The van der Waals surface area contributed by atoms with Crippen LogP contribution in [0.2, 0.25) is 0 Å². The summed E-state index contributed by atoms with van der Waals surface area (Å²) in [6, 6.07) is 5.89. The van der Waals surface area contributed by atoms with Crippen molar-refractivity contribution in [2.45, 2.75) is 12.6 Å². The van der Waals surface area contributed by atoms with Crippen LogP contribution in [0.25, 0.3) is 10.7 Å². The van der Waals surface area contributed by atoms with Gasteiger partial charge < -0.3 is 15.0 Å². The second-order valence-corrected chi connectivity index (χ2v) is 6.10. The Balaban J connectivity index is 1.49. The molecule has 0 bridgehead atoms. The normalized spacial score (nSPS) is 19.8. The van der Waals surface area contributed by atoms with Crippen molar-refractivity contribution in [1.29, 1.82) is 0 Å². The van der Waals surface area contributed by atoms with Crippen molar-refractivity contribution in [2.75, 3.05) is 33.3 Å². The summed E-state index contributed by atoms with van der Waals surface area (Å²) in [4.78, 5) is 11.3. The van der Waals surface area contributed by atoms with Gasteiger partial charge in [0.05, 0.1) is 24.1 Å². The van der Waals surface area contributed by atoms with Gasteiger partial charge in [-0.1, -0.05) is 6.07 Å².